The number of nitrogens with one attached hydrogen (secondary N) is 1. The number of carboxylic acids is 1. The Labute approximate surface area is 151 Å². The van der Waals surface area contributed by atoms with Gasteiger partial charge < -0.3 is 14.8 Å². The van der Waals surface area contributed by atoms with Gasteiger partial charge in [0.15, 0.2) is 5.43 Å². The van der Waals surface area contributed by atoms with Gasteiger partial charge in [-0.3, -0.25) is 9.59 Å². The van der Waals surface area contributed by atoms with Crippen molar-refractivity contribution in [3.63, 3.8) is 0 Å². The molecule has 138 valence electrons. The van der Waals surface area contributed by atoms with Gasteiger partial charge in [0.1, 0.15) is 5.76 Å². The summed E-state index contributed by atoms with van der Waals surface area (Å²) in [5.74, 6) is -1.66. The first-order valence-corrected chi connectivity index (χ1v) is 8.78. The predicted octanol–water partition coefficient (Wildman–Crippen LogP) is 4.30. The lowest BCUT2D eigenvalue weighted by molar-refractivity contribution is -0.116. The molecule has 0 aliphatic carbocycles. The topological polar surface area (TPSA) is 96.6 Å². The number of hydrogen-bond acceptors (Lipinski definition) is 4. The van der Waals surface area contributed by atoms with Gasteiger partial charge >= 0.3 is 5.97 Å². The summed E-state index contributed by atoms with van der Waals surface area (Å²) >= 11 is 0. The van der Waals surface area contributed by atoms with Gasteiger partial charge in [-0.2, -0.15) is 0 Å². The molecule has 2 aromatic rings. The van der Waals surface area contributed by atoms with Crippen LogP contribution in [0.3, 0.4) is 0 Å². The molecule has 1 amide bonds. The molecule has 0 radical (unpaired) electrons. The third kappa shape index (κ3) is 5.88. The first-order valence-electron chi connectivity index (χ1n) is 8.78. The van der Waals surface area contributed by atoms with E-state index >= 15 is 0 Å². The molecule has 0 saturated carbocycles. The van der Waals surface area contributed by atoms with E-state index in [-0.39, 0.29) is 11.7 Å². The second-order valence-electron chi connectivity index (χ2n) is 6.12. The first kappa shape index (κ1) is 19.4. The summed E-state index contributed by atoms with van der Waals surface area (Å²) in [5.41, 5.74) is 0.639. The zero-order valence-corrected chi connectivity index (χ0v) is 14.8. The van der Waals surface area contributed by atoms with E-state index < -0.39 is 17.2 Å². The number of carbonyl (C=O) groups excluding carboxylic acids is 1. The van der Waals surface area contributed by atoms with Gasteiger partial charge in [0, 0.05) is 29.8 Å². The number of hydrogen-bond donors (Lipinski definition) is 2. The summed E-state index contributed by atoms with van der Waals surface area (Å²) in [7, 11) is 0. The van der Waals surface area contributed by atoms with Crippen LogP contribution in [-0.2, 0) is 4.79 Å². The number of aromatic carboxylic acids is 1. The van der Waals surface area contributed by atoms with E-state index in [9.17, 15) is 14.4 Å². The van der Waals surface area contributed by atoms with Crippen LogP contribution in [0.4, 0.5) is 5.69 Å². The van der Waals surface area contributed by atoms with E-state index in [1.54, 1.807) is 24.3 Å². The zero-order valence-electron chi connectivity index (χ0n) is 14.8. The molecule has 0 unspecified atom stereocenters. The van der Waals surface area contributed by atoms with Crippen molar-refractivity contribution in [2.75, 3.05) is 5.32 Å². The van der Waals surface area contributed by atoms with Crippen LogP contribution in [0.15, 0.2) is 45.6 Å². The molecular weight excluding hydrogens is 334 g/mol. The molecule has 0 fully saturated rings. The van der Waals surface area contributed by atoms with Crippen LogP contribution in [0.5, 0.6) is 0 Å². The molecule has 26 heavy (non-hydrogen) atoms. The number of unbranched alkanes of at least 4 members (excludes halogenated alkanes) is 4. The van der Waals surface area contributed by atoms with Crippen molar-refractivity contribution in [1.29, 1.82) is 0 Å². The second kappa shape index (κ2) is 9.56. The normalized spacial score (nSPS) is 10.5. The van der Waals surface area contributed by atoms with Crippen LogP contribution in [0.1, 0.15) is 56.0 Å². The van der Waals surface area contributed by atoms with E-state index in [1.165, 1.54) is 12.5 Å². The highest BCUT2D eigenvalue weighted by Crippen LogP contribution is 2.23. The molecule has 1 heterocycles. The van der Waals surface area contributed by atoms with Crippen molar-refractivity contribution in [1.82, 2.24) is 0 Å². The lowest BCUT2D eigenvalue weighted by Crippen LogP contribution is -2.11. The molecule has 1 aromatic carbocycles. The monoisotopic (exact) mass is 357 g/mol. The van der Waals surface area contributed by atoms with Crippen molar-refractivity contribution >= 4 is 17.6 Å². The van der Waals surface area contributed by atoms with Crippen LogP contribution in [0.25, 0.3) is 11.3 Å². The van der Waals surface area contributed by atoms with Gasteiger partial charge in [0.2, 0.25) is 11.7 Å². The molecular formula is C20H23NO5. The summed E-state index contributed by atoms with van der Waals surface area (Å²) in [5, 5.41) is 11.8. The molecule has 6 nitrogen and oxygen atoms in total. The summed E-state index contributed by atoms with van der Waals surface area (Å²) in [6.07, 6.45) is 5.83. The Morgan fingerprint density at radius 2 is 1.85 bits per heavy atom. The van der Waals surface area contributed by atoms with Crippen LogP contribution in [0, 0.1) is 0 Å². The number of carboxylic acid groups (broad SMARTS) is 1. The van der Waals surface area contributed by atoms with E-state index in [4.69, 9.17) is 9.52 Å². The minimum Gasteiger partial charge on any atom is -0.475 e. The summed E-state index contributed by atoms with van der Waals surface area (Å²) < 4.78 is 5.26. The minimum absolute atomic E-state index is 0.0700. The Hall–Kier alpha value is -2.89. The van der Waals surface area contributed by atoms with E-state index in [2.05, 4.69) is 12.2 Å². The van der Waals surface area contributed by atoms with Crippen molar-refractivity contribution in [2.24, 2.45) is 0 Å². The molecule has 0 aliphatic heterocycles. The Morgan fingerprint density at radius 3 is 2.58 bits per heavy atom. The van der Waals surface area contributed by atoms with Crippen molar-refractivity contribution < 1.29 is 19.1 Å². The molecule has 0 saturated heterocycles. The van der Waals surface area contributed by atoms with Gasteiger partial charge in [-0.05, 0) is 18.6 Å². The van der Waals surface area contributed by atoms with Crippen molar-refractivity contribution in [2.45, 2.75) is 45.4 Å². The summed E-state index contributed by atoms with van der Waals surface area (Å²) in [6.45, 7) is 2.15. The predicted molar refractivity (Wildman–Crippen MR) is 99.4 cm³/mol. The molecule has 2 rings (SSSR count). The molecule has 0 aliphatic rings. The van der Waals surface area contributed by atoms with Crippen LogP contribution in [0.2, 0.25) is 0 Å². The lowest BCUT2D eigenvalue weighted by atomic mass is 10.1. The van der Waals surface area contributed by atoms with Crippen LogP contribution in [-0.4, -0.2) is 17.0 Å². The first-order chi connectivity index (χ1) is 12.5. The zero-order chi connectivity index (χ0) is 18.9. The Kier molecular flexibility index (Phi) is 7.14. The molecule has 6 heteroatoms. The molecule has 2 N–H and O–H groups in total. The molecule has 0 bridgehead atoms. The van der Waals surface area contributed by atoms with Gasteiger partial charge in [-0.1, -0.05) is 44.7 Å². The lowest BCUT2D eigenvalue weighted by Gasteiger charge is -2.08. The molecule has 0 spiro atoms. The highest BCUT2D eigenvalue weighted by atomic mass is 16.4. The van der Waals surface area contributed by atoms with Gasteiger partial charge in [0.25, 0.3) is 0 Å². The Bertz CT molecular complexity index is 825. The molecule has 0 atom stereocenters. The standard InChI is InChI=1S/C20H23NO5/c1-2-3-4-5-6-10-19(23)21-15-9-7-8-14(11-15)17-12-16(22)13-18(26-17)20(24)25/h7-9,11-13H,2-6,10H2,1H3,(H,21,23)(H,24,25). The maximum absolute atomic E-state index is 12.0. The maximum atomic E-state index is 12.0. The van der Waals surface area contributed by atoms with E-state index in [1.807, 2.05) is 0 Å². The number of benzene rings is 1. The highest BCUT2D eigenvalue weighted by Gasteiger charge is 2.11. The Morgan fingerprint density at radius 1 is 1.08 bits per heavy atom. The van der Waals surface area contributed by atoms with Crippen molar-refractivity contribution in [3.05, 3.63) is 52.4 Å². The quantitative estimate of drug-likeness (QED) is 0.652. The van der Waals surface area contributed by atoms with Gasteiger partial charge in [-0.15, -0.1) is 0 Å². The van der Waals surface area contributed by atoms with Gasteiger partial charge in [0.05, 0.1) is 0 Å². The smallest absolute Gasteiger partial charge is 0.371 e. The fraction of sp³-hybridized carbons (Fsp3) is 0.350. The number of anilines is 1. The summed E-state index contributed by atoms with van der Waals surface area (Å²) in [6, 6.07) is 8.93. The third-order valence-corrected chi connectivity index (χ3v) is 3.92. The van der Waals surface area contributed by atoms with Crippen LogP contribution < -0.4 is 10.7 Å². The van der Waals surface area contributed by atoms with E-state index in [0.29, 0.717) is 17.7 Å². The Balaban J connectivity index is 2.05. The highest BCUT2D eigenvalue weighted by molar-refractivity contribution is 5.91. The average molecular weight is 357 g/mol. The minimum atomic E-state index is -1.31. The van der Waals surface area contributed by atoms with Gasteiger partial charge in [-0.25, -0.2) is 4.79 Å². The third-order valence-electron chi connectivity index (χ3n) is 3.92. The van der Waals surface area contributed by atoms with E-state index in [0.717, 1.165) is 31.7 Å². The van der Waals surface area contributed by atoms with Crippen molar-refractivity contribution in [3.8, 4) is 11.3 Å². The SMILES string of the molecule is CCCCCCCC(=O)Nc1cccc(-c2cc(=O)cc(C(=O)O)o2)c1. The fourth-order valence-corrected chi connectivity index (χ4v) is 2.59. The second-order valence-corrected chi connectivity index (χ2v) is 6.12. The number of rotatable bonds is 9. The largest absolute Gasteiger partial charge is 0.475 e. The molecule has 1 aromatic heterocycles. The summed E-state index contributed by atoms with van der Waals surface area (Å²) in [4.78, 5) is 34.7. The average Bonchev–Trinajstić information content (AvgIpc) is 2.61. The maximum Gasteiger partial charge on any atom is 0.371 e. The fourth-order valence-electron chi connectivity index (χ4n) is 2.59. The number of carbonyl (C=O) groups is 2. The van der Waals surface area contributed by atoms with Crippen LogP contribution >= 0.6 is 0 Å². The number of amides is 1.